The summed E-state index contributed by atoms with van der Waals surface area (Å²) in [6.07, 6.45) is 0.415. The van der Waals surface area contributed by atoms with Crippen molar-refractivity contribution in [2.24, 2.45) is 0 Å². The summed E-state index contributed by atoms with van der Waals surface area (Å²) < 4.78 is 0. The number of likely N-dealkylation sites (tertiary alicyclic amines) is 1. The van der Waals surface area contributed by atoms with Crippen LogP contribution in [0.25, 0.3) is 10.8 Å². The quantitative estimate of drug-likeness (QED) is 0.888. The van der Waals surface area contributed by atoms with E-state index < -0.39 is 6.10 Å². The molecule has 1 atom stereocenters. The van der Waals surface area contributed by atoms with Gasteiger partial charge in [0.05, 0.1) is 19.1 Å². The molecule has 0 bridgehead atoms. The van der Waals surface area contributed by atoms with E-state index in [0.717, 1.165) is 16.3 Å². The van der Waals surface area contributed by atoms with Crippen molar-refractivity contribution in [1.29, 1.82) is 0 Å². The number of hydrogen-bond acceptors (Lipinski definition) is 3. The SMILES string of the molecule is O=C(Cc1cccc2ccccc12)NCC(=O)N1CC[C@@H](O)C1. The van der Waals surface area contributed by atoms with E-state index in [4.69, 9.17) is 0 Å². The number of aliphatic hydroxyl groups excluding tert-OH is 1. The maximum Gasteiger partial charge on any atom is 0.242 e. The predicted octanol–water partition coefficient (Wildman–Crippen LogP) is 1.09. The fraction of sp³-hybridized carbons (Fsp3) is 0.333. The normalized spacial score (nSPS) is 17.4. The Morgan fingerprint density at radius 2 is 1.96 bits per heavy atom. The van der Waals surface area contributed by atoms with E-state index in [1.807, 2.05) is 42.5 Å². The average Bonchev–Trinajstić information content (AvgIpc) is 2.99. The summed E-state index contributed by atoms with van der Waals surface area (Å²) in [5.74, 6) is -0.317. The first-order chi connectivity index (χ1) is 11.1. The van der Waals surface area contributed by atoms with Crippen LogP contribution in [0.3, 0.4) is 0 Å². The standard InChI is InChI=1S/C18H20N2O3/c21-15-8-9-20(12-15)18(23)11-19-17(22)10-14-6-3-5-13-4-1-2-7-16(13)14/h1-7,15,21H,8-12H2,(H,19,22)/t15-/m1/s1. The number of benzene rings is 2. The molecule has 2 N–H and O–H groups in total. The van der Waals surface area contributed by atoms with E-state index in [1.54, 1.807) is 4.90 Å². The molecule has 5 nitrogen and oxygen atoms in total. The third kappa shape index (κ3) is 3.68. The summed E-state index contributed by atoms with van der Waals surface area (Å²) in [6.45, 7) is 0.896. The number of fused-ring (bicyclic) bond motifs is 1. The molecule has 1 aliphatic heterocycles. The molecule has 0 saturated carbocycles. The molecule has 0 aliphatic carbocycles. The zero-order valence-electron chi connectivity index (χ0n) is 12.9. The number of nitrogens with zero attached hydrogens (tertiary/aromatic N) is 1. The Morgan fingerprint density at radius 3 is 2.74 bits per heavy atom. The smallest absolute Gasteiger partial charge is 0.242 e. The van der Waals surface area contributed by atoms with Gasteiger partial charge in [0.2, 0.25) is 11.8 Å². The Bertz CT molecular complexity index is 724. The molecule has 0 unspecified atom stereocenters. The zero-order chi connectivity index (χ0) is 16.2. The van der Waals surface area contributed by atoms with Crippen LogP contribution in [-0.2, 0) is 16.0 Å². The van der Waals surface area contributed by atoms with Crippen molar-refractivity contribution in [3.8, 4) is 0 Å². The molecule has 120 valence electrons. The van der Waals surface area contributed by atoms with Gasteiger partial charge in [-0.3, -0.25) is 9.59 Å². The maximum absolute atomic E-state index is 12.1. The van der Waals surface area contributed by atoms with Crippen molar-refractivity contribution in [2.45, 2.75) is 18.9 Å². The Balaban J connectivity index is 1.58. The third-order valence-electron chi connectivity index (χ3n) is 4.18. The molecular formula is C18H20N2O3. The van der Waals surface area contributed by atoms with Crippen LogP contribution in [0.4, 0.5) is 0 Å². The van der Waals surface area contributed by atoms with Crippen LogP contribution in [0.1, 0.15) is 12.0 Å². The van der Waals surface area contributed by atoms with E-state index in [9.17, 15) is 14.7 Å². The highest BCUT2D eigenvalue weighted by Gasteiger charge is 2.24. The van der Waals surface area contributed by atoms with Gasteiger partial charge in [-0.05, 0) is 22.8 Å². The lowest BCUT2D eigenvalue weighted by atomic mass is 10.0. The molecule has 2 amide bonds. The Morgan fingerprint density at radius 1 is 1.17 bits per heavy atom. The van der Waals surface area contributed by atoms with Crippen LogP contribution < -0.4 is 5.32 Å². The van der Waals surface area contributed by atoms with E-state index in [0.29, 0.717) is 19.5 Å². The number of β-amino-alcohol motifs (C(OH)–C–C–N with tert-alkyl or cyclic N) is 1. The first-order valence-electron chi connectivity index (χ1n) is 7.82. The minimum atomic E-state index is -0.440. The molecule has 1 heterocycles. The number of hydrogen-bond donors (Lipinski definition) is 2. The lowest BCUT2D eigenvalue weighted by Crippen LogP contribution is -2.39. The molecule has 0 aromatic heterocycles. The first-order valence-corrected chi connectivity index (χ1v) is 7.82. The van der Waals surface area contributed by atoms with Gasteiger partial charge < -0.3 is 15.3 Å². The fourth-order valence-corrected chi connectivity index (χ4v) is 2.94. The number of carbonyl (C=O) groups is 2. The molecule has 3 rings (SSSR count). The van der Waals surface area contributed by atoms with Crippen molar-refractivity contribution in [2.75, 3.05) is 19.6 Å². The van der Waals surface area contributed by atoms with Crippen molar-refractivity contribution >= 4 is 22.6 Å². The predicted molar refractivity (Wildman–Crippen MR) is 87.9 cm³/mol. The molecular weight excluding hydrogens is 292 g/mol. The van der Waals surface area contributed by atoms with Gasteiger partial charge in [-0.1, -0.05) is 42.5 Å². The highest BCUT2D eigenvalue weighted by atomic mass is 16.3. The number of carbonyl (C=O) groups excluding carboxylic acids is 2. The lowest BCUT2D eigenvalue weighted by Gasteiger charge is -2.16. The van der Waals surface area contributed by atoms with Crippen LogP contribution in [0.2, 0.25) is 0 Å². The monoisotopic (exact) mass is 312 g/mol. The van der Waals surface area contributed by atoms with Crippen molar-refractivity contribution < 1.29 is 14.7 Å². The van der Waals surface area contributed by atoms with Gasteiger partial charge >= 0.3 is 0 Å². The Labute approximate surface area is 134 Å². The molecule has 2 aromatic rings. The summed E-state index contributed by atoms with van der Waals surface area (Å²) in [7, 11) is 0. The van der Waals surface area contributed by atoms with Crippen LogP contribution in [0.5, 0.6) is 0 Å². The molecule has 1 fully saturated rings. The second kappa shape index (κ2) is 6.79. The van der Waals surface area contributed by atoms with Crippen molar-refractivity contribution in [1.82, 2.24) is 10.2 Å². The minimum absolute atomic E-state index is 0.0175. The molecule has 2 aromatic carbocycles. The van der Waals surface area contributed by atoms with Crippen LogP contribution >= 0.6 is 0 Å². The summed E-state index contributed by atoms with van der Waals surface area (Å²) in [5, 5.41) is 14.3. The molecule has 1 saturated heterocycles. The van der Waals surface area contributed by atoms with Gasteiger partial charge in [0.15, 0.2) is 0 Å². The van der Waals surface area contributed by atoms with Gasteiger partial charge in [-0.2, -0.15) is 0 Å². The Kier molecular flexibility index (Phi) is 4.57. The maximum atomic E-state index is 12.1. The van der Waals surface area contributed by atoms with Gasteiger partial charge in [0.1, 0.15) is 0 Å². The molecule has 23 heavy (non-hydrogen) atoms. The summed E-state index contributed by atoms with van der Waals surface area (Å²) >= 11 is 0. The summed E-state index contributed by atoms with van der Waals surface area (Å²) in [6, 6.07) is 13.8. The third-order valence-corrected chi connectivity index (χ3v) is 4.18. The Hall–Kier alpha value is -2.40. The highest BCUT2D eigenvalue weighted by Crippen LogP contribution is 2.18. The molecule has 5 heteroatoms. The van der Waals surface area contributed by atoms with Gasteiger partial charge in [-0.25, -0.2) is 0 Å². The average molecular weight is 312 g/mol. The number of aliphatic hydroxyl groups is 1. The second-order valence-corrected chi connectivity index (χ2v) is 5.87. The summed E-state index contributed by atoms with van der Waals surface area (Å²) in [5.41, 5.74) is 0.949. The van der Waals surface area contributed by atoms with E-state index in [1.165, 1.54) is 0 Å². The van der Waals surface area contributed by atoms with Crippen LogP contribution in [0.15, 0.2) is 42.5 Å². The molecule has 1 aliphatic rings. The summed E-state index contributed by atoms with van der Waals surface area (Å²) in [4.78, 5) is 25.7. The largest absolute Gasteiger partial charge is 0.391 e. The van der Waals surface area contributed by atoms with Crippen LogP contribution in [-0.4, -0.2) is 47.6 Å². The number of nitrogens with one attached hydrogen (secondary N) is 1. The zero-order valence-corrected chi connectivity index (χ0v) is 12.9. The minimum Gasteiger partial charge on any atom is -0.391 e. The second-order valence-electron chi connectivity index (χ2n) is 5.87. The van der Waals surface area contributed by atoms with E-state index in [-0.39, 0.29) is 24.8 Å². The van der Waals surface area contributed by atoms with Crippen LogP contribution in [0, 0.1) is 0 Å². The molecule has 0 spiro atoms. The number of amides is 2. The van der Waals surface area contributed by atoms with E-state index in [2.05, 4.69) is 5.32 Å². The van der Waals surface area contributed by atoms with Crippen molar-refractivity contribution in [3.05, 3.63) is 48.0 Å². The lowest BCUT2D eigenvalue weighted by molar-refractivity contribution is -0.132. The van der Waals surface area contributed by atoms with Gasteiger partial charge in [-0.15, -0.1) is 0 Å². The highest BCUT2D eigenvalue weighted by molar-refractivity contribution is 5.91. The molecule has 0 radical (unpaired) electrons. The van der Waals surface area contributed by atoms with Gasteiger partial charge in [0, 0.05) is 13.1 Å². The van der Waals surface area contributed by atoms with Gasteiger partial charge in [0.25, 0.3) is 0 Å². The fourth-order valence-electron chi connectivity index (χ4n) is 2.94. The topological polar surface area (TPSA) is 69.6 Å². The van der Waals surface area contributed by atoms with Crippen molar-refractivity contribution in [3.63, 3.8) is 0 Å². The number of rotatable bonds is 4. The van der Waals surface area contributed by atoms with E-state index >= 15 is 0 Å². The first kappa shape index (κ1) is 15.5.